The molecule has 0 saturated carbocycles. The highest BCUT2D eigenvalue weighted by molar-refractivity contribution is 7.90. The number of halogens is 3. The second-order valence-electron chi connectivity index (χ2n) is 10.0. The molecule has 1 aromatic heterocycles. The van der Waals surface area contributed by atoms with E-state index in [-0.39, 0.29) is 12.0 Å². The van der Waals surface area contributed by atoms with Crippen molar-refractivity contribution >= 4 is 38.5 Å². The number of hydrogen-bond donors (Lipinski definition) is 3. The number of fused-ring (bicyclic) bond motifs is 2. The predicted octanol–water partition coefficient (Wildman–Crippen LogP) is 2.42. The number of aliphatic carboxylic acids is 1. The summed E-state index contributed by atoms with van der Waals surface area (Å²) in [5.41, 5.74) is -0.697. The molecular weight excluding hydrogens is 555 g/mol. The molecule has 2 aliphatic heterocycles. The molecule has 0 aliphatic carbocycles. The normalized spacial score (nSPS) is 25.0. The lowest BCUT2D eigenvalue weighted by atomic mass is 9.76. The van der Waals surface area contributed by atoms with Crippen molar-refractivity contribution in [2.45, 2.75) is 24.4 Å². The minimum atomic E-state index is -4.99. The monoisotopic (exact) mass is 579 g/mol. The second-order valence-corrected chi connectivity index (χ2v) is 12.3. The average Bonchev–Trinajstić information content (AvgIpc) is 3.49. The Morgan fingerprint density at radius 2 is 1.85 bits per heavy atom. The largest absolute Gasteiger partial charge is 0.573 e. The van der Waals surface area contributed by atoms with E-state index in [9.17, 15) is 41.1 Å². The van der Waals surface area contributed by atoms with E-state index in [0.29, 0.717) is 16.5 Å². The molecule has 2 aliphatic rings. The molecule has 0 spiro atoms. The first-order valence-corrected chi connectivity index (χ1v) is 14.2. The number of benzene rings is 2. The Morgan fingerprint density at radius 3 is 2.52 bits per heavy atom. The molecular formula is C26H24F3N3O7S. The lowest BCUT2D eigenvalue weighted by Crippen LogP contribution is -2.57. The van der Waals surface area contributed by atoms with Crippen LogP contribution in [0.1, 0.15) is 17.2 Å². The van der Waals surface area contributed by atoms with Crippen LogP contribution in [-0.2, 0) is 30.6 Å². The number of carboxylic acid groups (broad SMARTS) is 1. The molecule has 2 aromatic carbocycles. The zero-order valence-electron chi connectivity index (χ0n) is 20.9. The quantitative estimate of drug-likeness (QED) is 0.345. The van der Waals surface area contributed by atoms with Crippen molar-refractivity contribution < 1.29 is 45.8 Å². The van der Waals surface area contributed by atoms with E-state index in [1.807, 2.05) is 0 Å². The fourth-order valence-electron chi connectivity index (χ4n) is 5.74. The molecule has 10 nitrogen and oxygen atoms in total. The average molecular weight is 580 g/mol. The summed E-state index contributed by atoms with van der Waals surface area (Å²) in [6.45, 7) is -0.476. The predicted molar refractivity (Wildman–Crippen MR) is 135 cm³/mol. The maximum Gasteiger partial charge on any atom is 0.573 e. The smallest absolute Gasteiger partial charge is 0.480 e. The number of amides is 2. The number of nitrogens with zero attached hydrogens (tertiary/aromatic N) is 1. The van der Waals surface area contributed by atoms with Crippen molar-refractivity contribution in [2.24, 2.45) is 11.8 Å². The summed E-state index contributed by atoms with van der Waals surface area (Å²) in [6.07, 6.45) is -2.71. The van der Waals surface area contributed by atoms with Gasteiger partial charge in [-0.1, -0.05) is 30.3 Å². The second kappa shape index (κ2) is 9.63. The summed E-state index contributed by atoms with van der Waals surface area (Å²) in [4.78, 5) is 44.1. The standard InChI is InChI=1S/C26H24F3N3O7S/c1-40(37,38)10-9-32-22(33)19-20(23(32)34)25(24(35)36,12-15-13-30-18-8-3-2-7-17(15)18)31-21(19)14-5-4-6-16(11-14)39-26(27,28)29/h2-8,11,13,19-21,30-31H,9-10,12H2,1H3,(H,35,36). The molecule has 4 unspecified atom stereocenters. The maximum absolute atomic E-state index is 13.7. The number of para-hydroxylation sites is 1. The molecule has 212 valence electrons. The van der Waals surface area contributed by atoms with Crippen molar-refractivity contribution in [3.05, 3.63) is 65.9 Å². The molecule has 2 saturated heterocycles. The van der Waals surface area contributed by atoms with Crippen LogP contribution in [0.3, 0.4) is 0 Å². The van der Waals surface area contributed by atoms with Crippen molar-refractivity contribution in [3.8, 4) is 5.75 Å². The number of sulfone groups is 1. The van der Waals surface area contributed by atoms with Crippen LogP contribution >= 0.6 is 0 Å². The topological polar surface area (TPSA) is 146 Å². The summed E-state index contributed by atoms with van der Waals surface area (Å²) < 4.78 is 66.3. The number of nitrogens with one attached hydrogen (secondary N) is 2. The van der Waals surface area contributed by atoms with E-state index in [0.717, 1.165) is 23.3 Å². The highest BCUT2D eigenvalue weighted by Gasteiger charge is 2.68. The van der Waals surface area contributed by atoms with Crippen LogP contribution in [0.4, 0.5) is 13.2 Å². The number of carboxylic acids is 1. The van der Waals surface area contributed by atoms with Crippen molar-refractivity contribution in [3.63, 3.8) is 0 Å². The molecule has 3 heterocycles. The third-order valence-electron chi connectivity index (χ3n) is 7.41. The minimum absolute atomic E-state index is 0.102. The number of hydrogen-bond acceptors (Lipinski definition) is 7. The molecule has 5 rings (SSSR count). The molecule has 14 heteroatoms. The van der Waals surface area contributed by atoms with E-state index in [1.165, 1.54) is 12.1 Å². The zero-order valence-corrected chi connectivity index (χ0v) is 21.8. The fraction of sp³-hybridized carbons (Fsp3) is 0.346. The fourth-order valence-corrected chi connectivity index (χ4v) is 6.26. The molecule has 3 aromatic rings. The van der Waals surface area contributed by atoms with E-state index in [4.69, 9.17) is 0 Å². The molecule has 4 atom stereocenters. The Labute approximate surface area is 226 Å². The Hall–Kier alpha value is -3.91. The highest BCUT2D eigenvalue weighted by Crippen LogP contribution is 2.50. The number of H-pyrrole nitrogens is 1. The summed E-state index contributed by atoms with van der Waals surface area (Å²) in [5.74, 6) is -7.02. The van der Waals surface area contributed by atoms with Crippen LogP contribution in [-0.4, -0.2) is 71.6 Å². The third-order valence-corrected chi connectivity index (χ3v) is 8.33. The van der Waals surface area contributed by atoms with Crippen LogP contribution in [0.15, 0.2) is 54.7 Å². The Balaban J connectivity index is 1.62. The number of aromatic amines is 1. The van der Waals surface area contributed by atoms with Gasteiger partial charge < -0.3 is 14.8 Å². The van der Waals surface area contributed by atoms with Gasteiger partial charge in [0.25, 0.3) is 0 Å². The van der Waals surface area contributed by atoms with Gasteiger partial charge in [-0.25, -0.2) is 8.42 Å². The van der Waals surface area contributed by atoms with Crippen molar-refractivity contribution in [1.82, 2.24) is 15.2 Å². The number of ether oxygens (including phenoxy) is 1. The van der Waals surface area contributed by atoms with Gasteiger partial charge in [-0.2, -0.15) is 0 Å². The van der Waals surface area contributed by atoms with Gasteiger partial charge in [0.15, 0.2) is 0 Å². The number of rotatable bonds is 8. The summed E-state index contributed by atoms with van der Waals surface area (Å²) in [6, 6.07) is 10.6. The van der Waals surface area contributed by atoms with E-state index in [1.54, 1.807) is 30.5 Å². The minimum Gasteiger partial charge on any atom is -0.480 e. The number of carbonyl (C=O) groups is 3. The van der Waals surface area contributed by atoms with Gasteiger partial charge in [0.2, 0.25) is 11.8 Å². The van der Waals surface area contributed by atoms with Gasteiger partial charge in [0, 0.05) is 42.4 Å². The Bertz CT molecular complexity index is 1620. The van der Waals surface area contributed by atoms with E-state index in [2.05, 4.69) is 15.0 Å². The molecule has 0 radical (unpaired) electrons. The van der Waals surface area contributed by atoms with E-state index < -0.39 is 75.4 Å². The molecule has 2 amide bonds. The Kier molecular flexibility index (Phi) is 6.65. The van der Waals surface area contributed by atoms with Crippen LogP contribution in [0, 0.1) is 11.8 Å². The maximum atomic E-state index is 13.7. The number of aromatic nitrogens is 1. The van der Waals surface area contributed by atoms with Crippen LogP contribution in [0.2, 0.25) is 0 Å². The molecule has 2 fully saturated rings. The number of likely N-dealkylation sites (tertiary alicyclic amines) is 1. The first-order valence-electron chi connectivity index (χ1n) is 12.1. The van der Waals surface area contributed by atoms with Gasteiger partial charge in [-0.05, 0) is 29.3 Å². The van der Waals surface area contributed by atoms with Gasteiger partial charge in [0.1, 0.15) is 21.1 Å². The zero-order chi connectivity index (χ0) is 29.0. The van der Waals surface area contributed by atoms with E-state index >= 15 is 0 Å². The van der Waals surface area contributed by atoms with Gasteiger partial charge in [-0.15, -0.1) is 13.2 Å². The number of imide groups is 1. The van der Waals surface area contributed by atoms with Gasteiger partial charge in [0.05, 0.1) is 17.6 Å². The molecule has 3 N–H and O–H groups in total. The third kappa shape index (κ3) is 4.92. The molecule has 40 heavy (non-hydrogen) atoms. The SMILES string of the molecule is CS(=O)(=O)CCN1C(=O)C2C(c3cccc(OC(F)(F)F)c3)NC(Cc3c[nH]c4ccccc34)(C(=O)O)C2C1=O. The molecule has 0 bridgehead atoms. The van der Waals surface area contributed by atoms with Gasteiger partial charge in [-0.3, -0.25) is 24.6 Å². The lowest BCUT2D eigenvalue weighted by molar-refractivity contribution is -0.274. The summed E-state index contributed by atoms with van der Waals surface area (Å²) in [5, 5.41) is 14.2. The van der Waals surface area contributed by atoms with Crippen LogP contribution in [0.25, 0.3) is 10.9 Å². The summed E-state index contributed by atoms with van der Waals surface area (Å²) in [7, 11) is -3.59. The summed E-state index contributed by atoms with van der Waals surface area (Å²) >= 11 is 0. The van der Waals surface area contributed by atoms with Crippen molar-refractivity contribution in [2.75, 3.05) is 18.6 Å². The van der Waals surface area contributed by atoms with Crippen LogP contribution < -0.4 is 10.1 Å². The van der Waals surface area contributed by atoms with Gasteiger partial charge >= 0.3 is 12.3 Å². The highest BCUT2D eigenvalue weighted by atomic mass is 32.2. The first-order chi connectivity index (χ1) is 18.7. The van der Waals surface area contributed by atoms with Crippen LogP contribution in [0.5, 0.6) is 5.75 Å². The number of carbonyl (C=O) groups excluding carboxylic acids is 2. The lowest BCUT2D eigenvalue weighted by Gasteiger charge is -2.31. The Morgan fingerprint density at radius 1 is 1.12 bits per heavy atom. The van der Waals surface area contributed by atoms with Crippen molar-refractivity contribution in [1.29, 1.82) is 0 Å². The number of alkyl halides is 3. The first kappa shape index (κ1) is 27.6.